The Kier molecular flexibility index (Phi) is 9.96. The maximum absolute atomic E-state index is 4.84. The number of allylic oxidation sites excluding steroid dienone is 1. The molecular weight excluding hydrogens is 286 g/mol. The number of guanidine groups is 1. The Morgan fingerprint density at radius 2 is 2.04 bits per heavy atom. The molecule has 1 atom stereocenters. The lowest BCUT2D eigenvalue weighted by Gasteiger charge is -2.33. The van der Waals surface area contributed by atoms with Crippen LogP contribution in [0.2, 0.25) is 0 Å². The standard InChI is InChI=1S/C18H37N5/c1-6-8-9-10-22(5)18(19-7-2)20-15-17(3)16-23-13-11-21(4)12-14-23/h6,17H,1,7-16H2,2-5H3,(H,19,20). The highest BCUT2D eigenvalue weighted by Crippen LogP contribution is 2.05. The monoisotopic (exact) mass is 323 g/mol. The van der Waals surface area contributed by atoms with E-state index in [1.807, 2.05) is 6.08 Å². The molecule has 1 unspecified atom stereocenters. The second-order valence-electron chi connectivity index (χ2n) is 6.76. The van der Waals surface area contributed by atoms with Gasteiger partial charge in [0.05, 0.1) is 0 Å². The van der Waals surface area contributed by atoms with Crippen molar-refractivity contribution in [2.75, 3.05) is 66.5 Å². The lowest BCUT2D eigenvalue weighted by Crippen LogP contribution is -2.46. The molecule has 134 valence electrons. The molecule has 5 heteroatoms. The van der Waals surface area contributed by atoms with Crippen LogP contribution >= 0.6 is 0 Å². The number of nitrogens with one attached hydrogen (secondary N) is 1. The first-order valence-electron chi connectivity index (χ1n) is 9.08. The van der Waals surface area contributed by atoms with Gasteiger partial charge in [0.1, 0.15) is 0 Å². The average Bonchev–Trinajstić information content (AvgIpc) is 2.53. The number of hydrogen-bond acceptors (Lipinski definition) is 3. The molecule has 0 amide bonds. The number of likely N-dealkylation sites (N-methyl/N-ethyl adjacent to an activating group) is 1. The minimum Gasteiger partial charge on any atom is -0.357 e. The van der Waals surface area contributed by atoms with E-state index in [1.165, 1.54) is 26.2 Å². The van der Waals surface area contributed by atoms with Crippen molar-refractivity contribution in [3.05, 3.63) is 12.7 Å². The molecular formula is C18H37N5. The van der Waals surface area contributed by atoms with Gasteiger partial charge in [-0.1, -0.05) is 13.0 Å². The van der Waals surface area contributed by atoms with Gasteiger partial charge in [0, 0.05) is 59.4 Å². The van der Waals surface area contributed by atoms with Crippen molar-refractivity contribution in [2.24, 2.45) is 10.9 Å². The van der Waals surface area contributed by atoms with E-state index in [1.54, 1.807) is 0 Å². The molecule has 0 aromatic rings. The second-order valence-corrected chi connectivity index (χ2v) is 6.76. The van der Waals surface area contributed by atoms with E-state index in [-0.39, 0.29) is 0 Å². The third kappa shape index (κ3) is 8.37. The molecule has 1 aliphatic heterocycles. The van der Waals surface area contributed by atoms with Crippen LogP contribution in [0.15, 0.2) is 17.6 Å². The third-order valence-electron chi connectivity index (χ3n) is 4.32. The van der Waals surface area contributed by atoms with E-state index in [4.69, 9.17) is 4.99 Å². The number of aliphatic imine (C=N–C) groups is 1. The molecule has 1 aliphatic rings. The van der Waals surface area contributed by atoms with Crippen molar-refractivity contribution >= 4 is 5.96 Å². The van der Waals surface area contributed by atoms with Crippen LogP contribution in [0.3, 0.4) is 0 Å². The second kappa shape index (κ2) is 11.5. The quantitative estimate of drug-likeness (QED) is 0.303. The Hall–Kier alpha value is -1.07. The van der Waals surface area contributed by atoms with E-state index >= 15 is 0 Å². The molecule has 5 nitrogen and oxygen atoms in total. The zero-order valence-electron chi connectivity index (χ0n) is 15.7. The van der Waals surface area contributed by atoms with Gasteiger partial charge in [-0.25, -0.2) is 0 Å². The van der Waals surface area contributed by atoms with Crippen molar-refractivity contribution in [3.63, 3.8) is 0 Å². The highest BCUT2D eigenvalue weighted by molar-refractivity contribution is 5.79. The van der Waals surface area contributed by atoms with Gasteiger partial charge in [0.25, 0.3) is 0 Å². The smallest absolute Gasteiger partial charge is 0.193 e. The molecule has 1 rings (SSSR count). The van der Waals surface area contributed by atoms with Crippen molar-refractivity contribution in [1.82, 2.24) is 20.0 Å². The Morgan fingerprint density at radius 1 is 1.35 bits per heavy atom. The van der Waals surface area contributed by atoms with Crippen molar-refractivity contribution in [1.29, 1.82) is 0 Å². The summed E-state index contributed by atoms with van der Waals surface area (Å²) >= 11 is 0. The van der Waals surface area contributed by atoms with E-state index in [0.717, 1.165) is 45.0 Å². The normalized spacial score (nSPS) is 18.7. The predicted molar refractivity (Wildman–Crippen MR) is 101 cm³/mol. The van der Waals surface area contributed by atoms with Gasteiger partial charge in [-0.2, -0.15) is 0 Å². The first-order chi connectivity index (χ1) is 11.1. The summed E-state index contributed by atoms with van der Waals surface area (Å²) in [5, 5.41) is 3.40. The Morgan fingerprint density at radius 3 is 2.65 bits per heavy atom. The maximum Gasteiger partial charge on any atom is 0.193 e. The summed E-state index contributed by atoms with van der Waals surface area (Å²) in [6, 6.07) is 0. The van der Waals surface area contributed by atoms with Crippen LogP contribution in [0.25, 0.3) is 0 Å². The molecule has 0 bridgehead atoms. The Bertz CT molecular complexity index is 347. The first-order valence-corrected chi connectivity index (χ1v) is 9.08. The molecule has 0 aromatic heterocycles. The molecule has 0 aromatic carbocycles. The summed E-state index contributed by atoms with van der Waals surface area (Å²) in [5.41, 5.74) is 0. The van der Waals surface area contributed by atoms with Gasteiger partial charge < -0.3 is 20.0 Å². The lowest BCUT2D eigenvalue weighted by atomic mass is 10.1. The van der Waals surface area contributed by atoms with Crippen LogP contribution < -0.4 is 5.32 Å². The SMILES string of the molecule is C=CCCCN(C)C(=NCC(C)CN1CCN(C)CC1)NCC. The van der Waals surface area contributed by atoms with E-state index in [9.17, 15) is 0 Å². The minimum absolute atomic E-state index is 0.591. The van der Waals surface area contributed by atoms with Crippen LogP contribution in [0.4, 0.5) is 0 Å². The summed E-state index contributed by atoms with van der Waals surface area (Å²) < 4.78 is 0. The molecule has 0 aliphatic carbocycles. The predicted octanol–water partition coefficient (Wildman–Crippen LogP) is 1.73. The summed E-state index contributed by atoms with van der Waals surface area (Å²) in [7, 11) is 4.33. The summed E-state index contributed by atoms with van der Waals surface area (Å²) in [4.78, 5) is 12.0. The van der Waals surface area contributed by atoms with Gasteiger partial charge in [-0.15, -0.1) is 6.58 Å². The summed E-state index contributed by atoms with van der Waals surface area (Å²) in [5.74, 6) is 1.62. The van der Waals surface area contributed by atoms with Crippen LogP contribution in [-0.4, -0.2) is 87.1 Å². The average molecular weight is 324 g/mol. The zero-order valence-corrected chi connectivity index (χ0v) is 15.7. The summed E-state index contributed by atoms with van der Waals surface area (Å²) in [6.07, 6.45) is 4.17. The van der Waals surface area contributed by atoms with Gasteiger partial charge in [0.2, 0.25) is 0 Å². The fourth-order valence-electron chi connectivity index (χ4n) is 2.82. The highest BCUT2D eigenvalue weighted by atomic mass is 15.3. The van der Waals surface area contributed by atoms with Gasteiger partial charge in [-0.05, 0) is 32.7 Å². The number of unbranched alkanes of at least 4 members (excludes halogenated alkanes) is 1. The zero-order chi connectivity index (χ0) is 17.1. The van der Waals surface area contributed by atoms with Crippen molar-refractivity contribution in [3.8, 4) is 0 Å². The largest absolute Gasteiger partial charge is 0.357 e. The van der Waals surface area contributed by atoms with E-state index < -0.39 is 0 Å². The lowest BCUT2D eigenvalue weighted by molar-refractivity contribution is 0.140. The number of rotatable bonds is 9. The minimum atomic E-state index is 0.591. The van der Waals surface area contributed by atoms with E-state index in [0.29, 0.717) is 5.92 Å². The molecule has 1 fully saturated rings. The van der Waals surface area contributed by atoms with Crippen LogP contribution in [0, 0.1) is 5.92 Å². The summed E-state index contributed by atoms with van der Waals surface area (Å²) in [6.45, 7) is 16.9. The van der Waals surface area contributed by atoms with Crippen molar-refractivity contribution in [2.45, 2.75) is 26.7 Å². The van der Waals surface area contributed by atoms with Crippen molar-refractivity contribution < 1.29 is 0 Å². The number of hydrogen-bond donors (Lipinski definition) is 1. The first kappa shape index (κ1) is 20.0. The van der Waals surface area contributed by atoms with E-state index in [2.05, 4.69) is 54.5 Å². The third-order valence-corrected chi connectivity index (χ3v) is 4.32. The number of piperazine rings is 1. The maximum atomic E-state index is 4.84. The molecule has 23 heavy (non-hydrogen) atoms. The number of nitrogens with zero attached hydrogens (tertiary/aromatic N) is 4. The fraction of sp³-hybridized carbons (Fsp3) is 0.833. The Labute approximate surface area is 143 Å². The highest BCUT2D eigenvalue weighted by Gasteiger charge is 2.16. The van der Waals surface area contributed by atoms with Crippen LogP contribution in [-0.2, 0) is 0 Å². The topological polar surface area (TPSA) is 34.1 Å². The van der Waals surface area contributed by atoms with Gasteiger partial charge in [-0.3, -0.25) is 4.99 Å². The molecule has 1 saturated heterocycles. The fourth-order valence-corrected chi connectivity index (χ4v) is 2.82. The Balaban J connectivity index is 2.40. The molecule has 1 heterocycles. The van der Waals surface area contributed by atoms with Gasteiger partial charge in [0.15, 0.2) is 5.96 Å². The molecule has 0 radical (unpaired) electrons. The van der Waals surface area contributed by atoms with Crippen LogP contribution in [0.5, 0.6) is 0 Å². The van der Waals surface area contributed by atoms with Gasteiger partial charge >= 0.3 is 0 Å². The molecule has 0 saturated carbocycles. The molecule has 0 spiro atoms. The van der Waals surface area contributed by atoms with Crippen LogP contribution in [0.1, 0.15) is 26.7 Å². The molecule has 1 N–H and O–H groups in total.